The molecule has 2 N–H and O–H groups in total. The SMILES string of the molecule is CC(C)C(NC(=O)c1ccc(Br)cc1)C(=O)Nc1ccccc1F. The fourth-order valence-corrected chi connectivity index (χ4v) is 2.40. The van der Waals surface area contributed by atoms with Crippen molar-refractivity contribution in [2.24, 2.45) is 5.92 Å². The third-order valence-corrected chi connectivity index (χ3v) is 4.00. The topological polar surface area (TPSA) is 58.2 Å². The predicted octanol–water partition coefficient (Wildman–Crippen LogP) is 3.98. The summed E-state index contributed by atoms with van der Waals surface area (Å²) in [6, 6.07) is 11.9. The summed E-state index contributed by atoms with van der Waals surface area (Å²) in [4.78, 5) is 24.7. The van der Waals surface area contributed by atoms with Crippen LogP contribution in [-0.2, 0) is 4.79 Å². The van der Waals surface area contributed by atoms with Crippen LogP contribution >= 0.6 is 15.9 Å². The number of anilines is 1. The van der Waals surface area contributed by atoms with E-state index in [-0.39, 0.29) is 17.5 Å². The molecule has 0 aromatic heterocycles. The van der Waals surface area contributed by atoms with Gasteiger partial charge in [0.05, 0.1) is 5.69 Å². The second-order valence-electron chi connectivity index (χ2n) is 5.67. The average Bonchev–Trinajstić information content (AvgIpc) is 2.54. The van der Waals surface area contributed by atoms with Crippen molar-refractivity contribution >= 4 is 33.4 Å². The Labute approximate surface area is 148 Å². The lowest BCUT2D eigenvalue weighted by Crippen LogP contribution is -2.47. The van der Waals surface area contributed by atoms with Crippen molar-refractivity contribution in [3.05, 3.63) is 64.4 Å². The minimum Gasteiger partial charge on any atom is -0.340 e. The molecule has 0 saturated heterocycles. The number of carbonyl (C=O) groups is 2. The lowest BCUT2D eigenvalue weighted by Gasteiger charge is -2.22. The van der Waals surface area contributed by atoms with E-state index in [9.17, 15) is 14.0 Å². The number of halogens is 2. The maximum Gasteiger partial charge on any atom is 0.251 e. The van der Waals surface area contributed by atoms with Gasteiger partial charge in [0.1, 0.15) is 11.9 Å². The van der Waals surface area contributed by atoms with Gasteiger partial charge in [-0.2, -0.15) is 0 Å². The molecule has 0 spiro atoms. The Balaban J connectivity index is 2.11. The maximum atomic E-state index is 13.7. The second kappa shape index (κ2) is 8.06. The van der Waals surface area contributed by atoms with Gasteiger partial charge in [0.25, 0.3) is 5.91 Å². The van der Waals surface area contributed by atoms with E-state index < -0.39 is 17.8 Å². The summed E-state index contributed by atoms with van der Waals surface area (Å²) >= 11 is 3.30. The Bertz CT molecular complexity index is 732. The molecule has 0 bridgehead atoms. The molecule has 0 fully saturated rings. The molecule has 0 aliphatic carbocycles. The number of rotatable bonds is 5. The van der Waals surface area contributed by atoms with Gasteiger partial charge < -0.3 is 10.6 Å². The average molecular weight is 393 g/mol. The molecule has 0 saturated carbocycles. The van der Waals surface area contributed by atoms with Crippen LogP contribution in [0.3, 0.4) is 0 Å². The monoisotopic (exact) mass is 392 g/mol. The molecule has 1 unspecified atom stereocenters. The number of benzene rings is 2. The third kappa shape index (κ3) is 4.64. The van der Waals surface area contributed by atoms with Crippen molar-refractivity contribution in [2.75, 3.05) is 5.32 Å². The molecule has 0 radical (unpaired) electrons. The number of hydrogen-bond acceptors (Lipinski definition) is 2. The van der Waals surface area contributed by atoms with E-state index in [4.69, 9.17) is 0 Å². The molecule has 1 atom stereocenters. The van der Waals surface area contributed by atoms with Gasteiger partial charge in [0.15, 0.2) is 0 Å². The molecule has 2 aromatic carbocycles. The predicted molar refractivity (Wildman–Crippen MR) is 95.3 cm³/mol. The Morgan fingerprint density at radius 2 is 1.67 bits per heavy atom. The summed E-state index contributed by atoms with van der Waals surface area (Å²) in [5.41, 5.74) is 0.536. The molecule has 2 amide bonds. The van der Waals surface area contributed by atoms with Crippen LogP contribution in [0.5, 0.6) is 0 Å². The summed E-state index contributed by atoms with van der Waals surface area (Å²) < 4.78 is 14.5. The first-order valence-electron chi connectivity index (χ1n) is 7.50. The molecule has 6 heteroatoms. The molecule has 0 aliphatic rings. The van der Waals surface area contributed by atoms with Crippen LogP contribution in [0.15, 0.2) is 53.0 Å². The summed E-state index contributed by atoms with van der Waals surface area (Å²) in [7, 11) is 0. The zero-order chi connectivity index (χ0) is 17.7. The lowest BCUT2D eigenvalue weighted by atomic mass is 10.0. The zero-order valence-electron chi connectivity index (χ0n) is 13.3. The van der Waals surface area contributed by atoms with E-state index >= 15 is 0 Å². The van der Waals surface area contributed by atoms with Gasteiger partial charge in [-0.15, -0.1) is 0 Å². The van der Waals surface area contributed by atoms with Crippen LogP contribution in [0, 0.1) is 11.7 Å². The summed E-state index contributed by atoms with van der Waals surface area (Å²) in [6.45, 7) is 3.63. The van der Waals surface area contributed by atoms with Crippen molar-refractivity contribution < 1.29 is 14.0 Å². The van der Waals surface area contributed by atoms with Crippen molar-refractivity contribution in [1.82, 2.24) is 5.32 Å². The standard InChI is InChI=1S/C18H18BrFN2O2/c1-11(2)16(18(24)21-15-6-4-3-5-14(15)20)22-17(23)12-7-9-13(19)10-8-12/h3-11,16H,1-2H3,(H,21,24)(H,22,23). The Kier molecular flexibility index (Phi) is 6.09. The number of carbonyl (C=O) groups excluding carboxylic acids is 2. The summed E-state index contributed by atoms with van der Waals surface area (Å²) in [6.07, 6.45) is 0. The van der Waals surface area contributed by atoms with E-state index in [0.717, 1.165) is 4.47 Å². The first-order valence-corrected chi connectivity index (χ1v) is 8.29. The highest BCUT2D eigenvalue weighted by Crippen LogP contribution is 2.15. The number of hydrogen-bond donors (Lipinski definition) is 2. The van der Waals surface area contributed by atoms with Gasteiger partial charge in [-0.3, -0.25) is 9.59 Å². The first-order chi connectivity index (χ1) is 11.4. The van der Waals surface area contributed by atoms with E-state index in [1.807, 2.05) is 13.8 Å². The van der Waals surface area contributed by atoms with E-state index in [0.29, 0.717) is 5.56 Å². The van der Waals surface area contributed by atoms with Crippen molar-refractivity contribution in [1.29, 1.82) is 0 Å². The summed E-state index contributed by atoms with van der Waals surface area (Å²) in [5.74, 6) is -1.49. The van der Waals surface area contributed by atoms with Crippen LogP contribution in [0.4, 0.5) is 10.1 Å². The Morgan fingerprint density at radius 1 is 1.04 bits per heavy atom. The molecule has 126 valence electrons. The van der Waals surface area contributed by atoms with E-state index in [1.54, 1.807) is 36.4 Å². The third-order valence-electron chi connectivity index (χ3n) is 3.47. The molecule has 4 nitrogen and oxygen atoms in total. The Morgan fingerprint density at radius 3 is 2.25 bits per heavy atom. The fourth-order valence-electron chi connectivity index (χ4n) is 2.13. The van der Waals surface area contributed by atoms with Gasteiger partial charge in [-0.05, 0) is 42.3 Å². The van der Waals surface area contributed by atoms with Gasteiger partial charge in [-0.25, -0.2) is 4.39 Å². The van der Waals surface area contributed by atoms with Crippen molar-refractivity contribution in [2.45, 2.75) is 19.9 Å². The smallest absolute Gasteiger partial charge is 0.251 e. The molecule has 24 heavy (non-hydrogen) atoms. The minimum absolute atomic E-state index is 0.0889. The quantitative estimate of drug-likeness (QED) is 0.808. The zero-order valence-corrected chi connectivity index (χ0v) is 14.9. The highest BCUT2D eigenvalue weighted by molar-refractivity contribution is 9.10. The van der Waals surface area contributed by atoms with Crippen LogP contribution in [0.25, 0.3) is 0 Å². The van der Waals surface area contributed by atoms with Crippen LogP contribution in [-0.4, -0.2) is 17.9 Å². The normalized spacial score (nSPS) is 11.9. The van der Waals surface area contributed by atoms with Crippen molar-refractivity contribution in [3.8, 4) is 0 Å². The van der Waals surface area contributed by atoms with Gasteiger partial charge >= 0.3 is 0 Å². The van der Waals surface area contributed by atoms with Gasteiger partial charge in [0.2, 0.25) is 5.91 Å². The van der Waals surface area contributed by atoms with E-state index in [1.165, 1.54) is 12.1 Å². The van der Waals surface area contributed by atoms with Crippen LogP contribution in [0.2, 0.25) is 0 Å². The fraction of sp³-hybridized carbons (Fsp3) is 0.222. The molecule has 0 aliphatic heterocycles. The second-order valence-corrected chi connectivity index (χ2v) is 6.59. The largest absolute Gasteiger partial charge is 0.340 e. The molecular formula is C18H18BrFN2O2. The lowest BCUT2D eigenvalue weighted by molar-refractivity contribution is -0.118. The highest BCUT2D eigenvalue weighted by Gasteiger charge is 2.25. The van der Waals surface area contributed by atoms with E-state index in [2.05, 4.69) is 26.6 Å². The number of nitrogens with one attached hydrogen (secondary N) is 2. The summed E-state index contributed by atoms with van der Waals surface area (Å²) in [5, 5.41) is 5.22. The number of para-hydroxylation sites is 1. The Hall–Kier alpha value is -2.21. The molecule has 0 heterocycles. The van der Waals surface area contributed by atoms with Crippen LogP contribution < -0.4 is 10.6 Å². The minimum atomic E-state index is -0.777. The molecule has 2 aromatic rings. The first kappa shape index (κ1) is 18.1. The maximum absolute atomic E-state index is 13.7. The van der Waals surface area contributed by atoms with Gasteiger partial charge in [-0.1, -0.05) is 41.9 Å². The molecular weight excluding hydrogens is 375 g/mol. The number of amides is 2. The van der Waals surface area contributed by atoms with Crippen molar-refractivity contribution in [3.63, 3.8) is 0 Å². The van der Waals surface area contributed by atoms with Gasteiger partial charge in [0, 0.05) is 10.0 Å². The van der Waals surface area contributed by atoms with Crippen LogP contribution in [0.1, 0.15) is 24.2 Å². The molecule has 2 rings (SSSR count). The highest BCUT2D eigenvalue weighted by atomic mass is 79.9.